The maximum Gasteiger partial charge on any atom is 0.407 e. The number of anilines is 3. The highest BCUT2D eigenvalue weighted by molar-refractivity contribution is 6.41. The van der Waals surface area contributed by atoms with Crippen LogP contribution in [0.25, 0.3) is 0 Å². The number of benzene rings is 2. The number of carbonyl (C=O) groups excluding carboxylic acids is 1. The van der Waals surface area contributed by atoms with Gasteiger partial charge in [-0.25, -0.2) is 9.78 Å². The lowest BCUT2D eigenvalue weighted by atomic mass is 9.90. The number of alkyl carbamates (subject to hydrolysis) is 1. The van der Waals surface area contributed by atoms with Crippen LogP contribution in [-0.2, 0) is 17.8 Å². The highest BCUT2D eigenvalue weighted by atomic mass is 35.5. The first-order chi connectivity index (χ1) is 21.1. The van der Waals surface area contributed by atoms with Crippen molar-refractivity contribution in [3.63, 3.8) is 0 Å². The zero-order valence-corrected chi connectivity index (χ0v) is 27.3. The van der Waals surface area contributed by atoms with Crippen molar-refractivity contribution in [3.8, 4) is 11.5 Å². The number of rotatable bonds is 8. The van der Waals surface area contributed by atoms with Crippen LogP contribution in [0.2, 0.25) is 10.0 Å². The Kier molecular flexibility index (Phi) is 9.80. The molecule has 2 atom stereocenters. The molecule has 0 radical (unpaired) electrons. The van der Waals surface area contributed by atoms with Gasteiger partial charge in [0.2, 0.25) is 5.95 Å². The molecule has 5 rings (SSSR count). The number of amides is 1. The number of aromatic nitrogens is 2. The summed E-state index contributed by atoms with van der Waals surface area (Å²) in [6, 6.07) is 11.8. The molecule has 0 saturated heterocycles. The molecule has 1 aromatic heterocycles. The van der Waals surface area contributed by atoms with E-state index < -0.39 is 11.7 Å². The molecule has 0 bridgehead atoms. The summed E-state index contributed by atoms with van der Waals surface area (Å²) in [6.45, 7) is 7.12. The molecule has 3 aromatic rings. The minimum Gasteiger partial charge on any atom is -0.495 e. The van der Waals surface area contributed by atoms with Crippen molar-refractivity contribution in [1.82, 2.24) is 15.3 Å². The lowest BCUT2D eigenvalue weighted by Gasteiger charge is -2.40. The number of methoxy groups -OCH3 is 2. The second-order valence-corrected chi connectivity index (χ2v) is 12.9. The zero-order chi connectivity index (χ0) is 31.4. The molecule has 0 unspecified atom stereocenters. The van der Waals surface area contributed by atoms with Gasteiger partial charge in [0.25, 0.3) is 0 Å². The Labute approximate surface area is 269 Å². The summed E-state index contributed by atoms with van der Waals surface area (Å²) < 4.78 is 16.6. The summed E-state index contributed by atoms with van der Waals surface area (Å²) >= 11 is 13.6. The Morgan fingerprint density at radius 1 is 1.02 bits per heavy atom. The van der Waals surface area contributed by atoms with Crippen LogP contribution in [0.4, 0.5) is 22.2 Å². The topological polar surface area (TPSA) is 101 Å². The molecule has 1 fully saturated rings. The summed E-state index contributed by atoms with van der Waals surface area (Å²) in [7, 11) is 3.13. The van der Waals surface area contributed by atoms with Gasteiger partial charge in [-0.15, -0.1) is 0 Å². The van der Waals surface area contributed by atoms with Gasteiger partial charge in [0.05, 0.1) is 32.6 Å². The fraction of sp³-hybridized carbons (Fsp3) is 0.469. The number of nitrogens with zero attached hydrogens (tertiary/aromatic N) is 4. The summed E-state index contributed by atoms with van der Waals surface area (Å²) in [5.74, 6) is 2.27. The second-order valence-electron chi connectivity index (χ2n) is 12.1. The van der Waals surface area contributed by atoms with Crippen molar-refractivity contribution >= 4 is 46.7 Å². The smallest absolute Gasteiger partial charge is 0.407 e. The molecule has 1 aliphatic heterocycles. The van der Waals surface area contributed by atoms with Crippen LogP contribution >= 0.6 is 23.2 Å². The van der Waals surface area contributed by atoms with Gasteiger partial charge in [-0.1, -0.05) is 66.4 Å². The number of carbonyl (C=O) groups is 1. The van der Waals surface area contributed by atoms with Crippen LogP contribution < -0.4 is 29.9 Å². The molecule has 0 spiro atoms. The van der Waals surface area contributed by atoms with Gasteiger partial charge in [-0.2, -0.15) is 4.98 Å². The normalized spacial score (nSPS) is 18.3. The van der Waals surface area contributed by atoms with Crippen LogP contribution in [0.3, 0.4) is 0 Å². The van der Waals surface area contributed by atoms with Crippen molar-refractivity contribution in [1.29, 1.82) is 0 Å². The maximum absolute atomic E-state index is 12.6. The average molecular weight is 644 g/mol. The van der Waals surface area contributed by atoms with E-state index in [4.69, 9.17) is 47.4 Å². The van der Waals surface area contributed by atoms with Crippen molar-refractivity contribution in [2.75, 3.05) is 36.0 Å². The number of hydrogen-bond acceptors (Lipinski definition) is 9. The molecule has 10 nitrogen and oxygen atoms in total. The van der Waals surface area contributed by atoms with E-state index in [0.717, 1.165) is 42.6 Å². The highest BCUT2D eigenvalue weighted by Gasteiger charge is 2.32. The first-order valence-electron chi connectivity index (χ1n) is 14.8. The van der Waals surface area contributed by atoms with Crippen molar-refractivity contribution in [2.24, 2.45) is 0 Å². The molecule has 2 aromatic carbocycles. The van der Waals surface area contributed by atoms with Gasteiger partial charge >= 0.3 is 6.09 Å². The molecular weight excluding hydrogens is 603 g/mol. The van der Waals surface area contributed by atoms with Crippen molar-refractivity contribution < 1.29 is 19.0 Å². The fourth-order valence-electron chi connectivity index (χ4n) is 5.71. The summed E-state index contributed by atoms with van der Waals surface area (Å²) in [4.78, 5) is 26.6. The first-order valence-corrected chi connectivity index (χ1v) is 15.6. The Morgan fingerprint density at radius 2 is 1.68 bits per heavy atom. The highest BCUT2D eigenvalue weighted by Crippen LogP contribution is 2.47. The van der Waals surface area contributed by atoms with Gasteiger partial charge < -0.3 is 34.6 Å². The Bertz CT molecular complexity index is 1440. The molecule has 44 heavy (non-hydrogen) atoms. The molecule has 236 valence electrons. The monoisotopic (exact) mass is 642 g/mol. The van der Waals surface area contributed by atoms with E-state index in [-0.39, 0.29) is 12.1 Å². The van der Waals surface area contributed by atoms with E-state index in [1.165, 1.54) is 0 Å². The summed E-state index contributed by atoms with van der Waals surface area (Å²) in [5.41, 5.74) is 2.10. The lowest BCUT2D eigenvalue weighted by molar-refractivity contribution is 0.0488. The number of hydrogen-bond donors (Lipinski definition) is 2. The largest absolute Gasteiger partial charge is 0.495 e. The van der Waals surface area contributed by atoms with Gasteiger partial charge in [-0.05, 0) is 39.2 Å². The number of fused-ring (bicyclic) bond motifs is 1. The van der Waals surface area contributed by atoms with E-state index in [0.29, 0.717) is 52.9 Å². The average Bonchev–Trinajstić information content (AvgIpc) is 2.98. The van der Waals surface area contributed by atoms with Gasteiger partial charge in [0.1, 0.15) is 33.0 Å². The third-order valence-corrected chi connectivity index (χ3v) is 8.44. The van der Waals surface area contributed by atoms with Crippen LogP contribution in [-0.4, -0.2) is 54.6 Å². The van der Waals surface area contributed by atoms with Crippen LogP contribution in [0.1, 0.15) is 57.6 Å². The van der Waals surface area contributed by atoms with Crippen LogP contribution in [0.5, 0.6) is 11.5 Å². The number of halogens is 2. The van der Waals surface area contributed by atoms with E-state index in [9.17, 15) is 4.79 Å². The van der Waals surface area contributed by atoms with Gasteiger partial charge in [0, 0.05) is 37.0 Å². The van der Waals surface area contributed by atoms with E-state index in [2.05, 4.69) is 32.6 Å². The molecular formula is C32H40Cl2N6O4. The lowest BCUT2D eigenvalue weighted by Crippen LogP contribution is -2.50. The SMILES string of the molecule is COc1cc(OC)c(Cl)c(N2Cc3cnc(N[C@@H]4CCCC[C@@H]4NC(=O)OC(C)(C)C)nc3N(Cc3ccccc3)C2)c1Cl. The van der Waals surface area contributed by atoms with Crippen molar-refractivity contribution in [3.05, 3.63) is 63.8 Å². The molecule has 1 aliphatic carbocycles. The summed E-state index contributed by atoms with van der Waals surface area (Å²) in [5, 5.41) is 7.39. The third-order valence-electron chi connectivity index (χ3n) is 7.71. The maximum atomic E-state index is 12.6. The quantitative estimate of drug-likeness (QED) is 0.268. The fourth-order valence-corrected chi connectivity index (χ4v) is 6.45. The van der Waals surface area contributed by atoms with E-state index in [1.54, 1.807) is 20.3 Å². The van der Waals surface area contributed by atoms with Crippen molar-refractivity contribution in [2.45, 2.75) is 77.2 Å². The summed E-state index contributed by atoms with van der Waals surface area (Å²) in [6.07, 6.45) is 5.25. The first kappa shape index (κ1) is 31.8. The molecule has 2 N–H and O–H groups in total. The predicted octanol–water partition coefficient (Wildman–Crippen LogP) is 7.03. The van der Waals surface area contributed by atoms with Gasteiger partial charge in [-0.3, -0.25) is 0 Å². The standard InChI is InChI=1S/C32H40Cl2N6O4/c1-32(2,3)44-31(41)37-23-14-10-9-13-22(23)36-30-35-16-21-18-39(28-26(33)24(42-4)15-25(43-5)27(28)34)19-40(29(21)38-30)17-20-11-7-6-8-12-20/h6-8,11-12,15-16,22-23H,9-10,13-14,17-19H2,1-5H3,(H,37,41)(H,35,36,38)/t22-,23+/m1/s1. The third kappa shape index (κ3) is 7.35. The predicted molar refractivity (Wildman–Crippen MR) is 174 cm³/mol. The van der Waals surface area contributed by atoms with E-state index in [1.807, 2.05) is 45.2 Å². The molecule has 2 aliphatic rings. The minimum atomic E-state index is -0.566. The number of nitrogens with one attached hydrogen (secondary N) is 2. The number of ether oxygens (including phenoxy) is 3. The minimum absolute atomic E-state index is 0.0288. The van der Waals surface area contributed by atoms with Crippen LogP contribution in [0, 0.1) is 0 Å². The molecule has 12 heteroatoms. The zero-order valence-electron chi connectivity index (χ0n) is 25.8. The Morgan fingerprint density at radius 3 is 2.32 bits per heavy atom. The molecule has 1 saturated carbocycles. The van der Waals surface area contributed by atoms with E-state index >= 15 is 0 Å². The van der Waals surface area contributed by atoms with Crippen LogP contribution in [0.15, 0.2) is 42.6 Å². The Hall–Kier alpha value is -3.63. The van der Waals surface area contributed by atoms with Gasteiger partial charge in [0.15, 0.2) is 0 Å². The second kappa shape index (κ2) is 13.6. The molecule has 1 amide bonds. The molecule has 2 heterocycles. The Balaban J connectivity index is 1.44.